The number of hydrogen-bond donors (Lipinski definition) is 1. The lowest BCUT2D eigenvalue weighted by atomic mass is 10.0. The highest BCUT2D eigenvalue weighted by molar-refractivity contribution is 5.85. The van der Waals surface area contributed by atoms with E-state index in [0.29, 0.717) is 0 Å². The van der Waals surface area contributed by atoms with Crippen molar-refractivity contribution in [2.24, 2.45) is 0 Å². The largest absolute Gasteiger partial charge is 0.305 e. The van der Waals surface area contributed by atoms with Crippen LogP contribution in [0.2, 0.25) is 0 Å². The molecule has 0 aliphatic heterocycles. The summed E-state index contributed by atoms with van der Waals surface area (Å²) < 4.78 is 0. The summed E-state index contributed by atoms with van der Waals surface area (Å²) in [5.74, 6) is 0. The van der Waals surface area contributed by atoms with Gasteiger partial charge in [0, 0.05) is 18.8 Å². The average Bonchev–Trinajstić information content (AvgIpc) is 2.53. The van der Waals surface area contributed by atoms with E-state index in [2.05, 4.69) is 65.8 Å². The van der Waals surface area contributed by atoms with Crippen LogP contribution in [0.5, 0.6) is 0 Å². The molecule has 2 aromatic carbocycles. The van der Waals surface area contributed by atoms with Crippen LogP contribution in [0.4, 0.5) is 0 Å². The smallest absolute Gasteiger partial charge is 0.0570 e. The number of aromatic nitrogens is 1. The molecule has 1 unspecified atom stereocenters. The van der Waals surface area contributed by atoms with E-state index in [1.54, 1.807) is 0 Å². The Morgan fingerprint density at radius 2 is 1.75 bits per heavy atom. The second-order valence-electron chi connectivity index (χ2n) is 5.00. The molecule has 0 bridgehead atoms. The SMILES string of the molecule is CC(NCc1cccc2ccccc12)c1ccccn1. The minimum atomic E-state index is 0.246. The summed E-state index contributed by atoms with van der Waals surface area (Å²) in [6.07, 6.45) is 1.84. The van der Waals surface area contributed by atoms with Crippen LogP contribution < -0.4 is 5.32 Å². The van der Waals surface area contributed by atoms with Gasteiger partial charge in [-0.3, -0.25) is 4.98 Å². The predicted molar refractivity (Wildman–Crippen MR) is 83.4 cm³/mol. The number of hydrogen-bond acceptors (Lipinski definition) is 2. The Hall–Kier alpha value is -2.19. The third kappa shape index (κ3) is 2.70. The van der Waals surface area contributed by atoms with Crippen LogP contribution in [0.25, 0.3) is 10.8 Å². The lowest BCUT2D eigenvalue weighted by Gasteiger charge is -2.14. The van der Waals surface area contributed by atoms with Gasteiger partial charge in [-0.25, -0.2) is 0 Å². The van der Waals surface area contributed by atoms with Crippen LogP contribution in [0.3, 0.4) is 0 Å². The van der Waals surface area contributed by atoms with Gasteiger partial charge in [-0.1, -0.05) is 48.5 Å². The Kier molecular flexibility index (Phi) is 3.75. The second-order valence-corrected chi connectivity index (χ2v) is 5.00. The van der Waals surface area contributed by atoms with Crippen molar-refractivity contribution >= 4 is 10.8 Å². The van der Waals surface area contributed by atoms with E-state index in [0.717, 1.165) is 12.2 Å². The molecule has 1 N–H and O–H groups in total. The fraction of sp³-hybridized carbons (Fsp3) is 0.167. The van der Waals surface area contributed by atoms with Crippen molar-refractivity contribution in [2.45, 2.75) is 19.5 Å². The van der Waals surface area contributed by atoms with E-state index >= 15 is 0 Å². The van der Waals surface area contributed by atoms with E-state index in [-0.39, 0.29) is 6.04 Å². The van der Waals surface area contributed by atoms with E-state index < -0.39 is 0 Å². The molecule has 0 radical (unpaired) electrons. The molecule has 2 nitrogen and oxygen atoms in total. The number of nitrogens with zero attached hydrogens (tertiary/aromatic N) is 1. The van der Waals surface area contributed by atoms with Crippen LogP contribution in [0, 0.1) is 0 Å². The lowest BCUT2D eigenvalue weighted by Crippen LogP contribution is -2.19. The van der Waals surface area contributed by atoms with Crippen LogP contribution in [-0.4, -0.2) is 4.98 Å². The molecule has 20 heavy (non-hydrogen) atoms. The van der Waals surface area contributed by atoms with E-state index in [1.807, 2.05) is 18.3 Å². The molecule has 1 atom stereocenters. The summed E-state index contributed by atoms with van der Waals surface area (Å²) in [5, 5.41) is 6.15. The molecule has 0 saturated heterocycles. The zero-order valence-corrected chi connectivity index (χ0v) is 11.6. The molecule has 0 amide bonds. The summed E-state index contributed by atoms with van der Waals surface area (Å²) in [6, 6.07) is 21.2. The number of pyridine rings is 1. The number of benzene rings is 2. The maximum absolute atomic E-state index is 4.39. The minimum Gasteiger partial charge on any atom is -0.305 e. The molecule has 0 fully saturated rings. The summed E-state index contributed by atoms with van der Waals surface area (Å²) in [4.78, 5) is 4.39. The molecule has 100 valence electrons. The monoisotopic (exact) mass is 262 g/mol. The molecule has 2 heteroatoms. The molecule has 0 saturated carbocycles. The summed E-state index contributed by atoms with van der Waals surface area (Å²) in [7, 11) is 0. The molecule has 1 heterocycles. The number of rotatable bonds is 4. The first-order valence-electron chi connectivity index (χ1n) is 6.95. The first-order valence-corrected chi connectivity index (χ1v) is 6.95. The first-order chi connectivity index (χ1) is 9.84. The summed E-state index contributed by atoms with van der Waals surface area (Å²) >= 11 is 0. The molecular formula is C18H18N2. The van der Waals surface area contributed by atoms with Crippen LogP contribution >= 0.6 is 0 Å². The Bertz CT molecular complexity index is 687. The fourth-order valence-corrected chi connectivity index (χ4v) is 2.45. The highest BCUT2D eigenvalue weighted by Gasteiger charge is 2.06. The molecule has 0 aliphatic rings. The van der Waals surface area contributed by atoms with Crippen LogP contribution in [-0.2, 0) is 6.54 Å². The third-order valence-electron chi connectivity index (χ3n) is 3.61. The van der Waals surface area contributed by atoms with Crippen molar-refractivity contribution in [1.82, 2.24) is 10.3 Å². The second kappa shape index (κ2) is 5.85. The van der Waals surface area contributed by atoms with Crippen molar-refractivity contribution in [2.75, 3.05) is 0 Å². The first kappa shape index (κ1) is 12.8. The van der Waals surface area contributed by atoms with Crippen molar-refractivity contribution in [3.05, 3.63) is 78.1 Å². The Morgan fingerprint density at radius 3 is 2.60 bits per heavy atom. The molecule has 3 rings (SSSR count). The van der Waals surface area contributed by atoms with Crippen molar-refractivity contribution in [3.63, 3.8) is 0 Å². The fourth-order valence-electron chi connectivity index (χ4n) is 2.45. The van der Waals surface area contributed by atoms with E-state index in [9.17, 15) is 0 Å². The number of fused-ring (bicyclic) bond motifs is 1. The van der Waals surface area contributed by atoms with Gasteiger partial charge in [0.2, 0.25) is 0 Å². The van der Waals surface area contributed by atoms with Crippen molar-refractivity contribution < 1.29 is 0 Å². The molecule has 0 aliphatic carbocycles. The Balaban J connectivity index is 1.77. The highest BCUT2D eigenvalue weighted by atomic mass is 14.9. The van der Waals surface area contributed by atoms with Gasteiger partial charge in [-0.2, -0.15) is 0 Å². The highest BCUT2D eigenvalue weighted by Crippen LogP contribution is 2.19. The summed E-state index contributed by atoms with van der Waals surface area (Å²) in [6.45, 7) is 2.99. The molecule has 0 spiro atoms. The van der Waals surface area contributed by atoms with Crippen LogP contribution in [0.15, 0.2) is 66.9 Å². The Morgan fingerprint density at radius 1 is 0.950 bits per heavy atom. The zero-order valence-electron chi connectivity index (χ0n) is 11.6. The van der Waals surface area contributed by atoms with Gasteiger partial charge in [0.05, 0.1) is 5.69 Å². The third-order valence-corrected chi connectivity index (χ3v) is 3.61. The van der Waals surface area contributed by atoms with Gasteiger partial charge in [0.15, 0.2) is 0 Å². The molecular weight excluding hydrogens is 244 g/mol. The molecule has 3 aromatic rings. The maximum Gasteiger partial charge on any atom is 0.0570 e. The quantitative estimate of drug-likeness (QED) is 0.766. The average molecular weight is 262 g/mol. The van der Waals surface area contributed by atoms with Gasteiger partial charge < -0.3 is 5.32 Å². The van der Waals surface area contributed by atoms with Crippen LogP contribution in [0.1, 0.15) is 24.2 Å². The standard InChI is InChI=1S/C18H18N2/c1-14(18-11-4-5-12-19-18)20-13-16-9-6-8-15-7-2-3-10-17(15)16/h2-12,14,20H,13H2,1H3. The maximum atomic E-state index is 4.39. The number of nitrogens with one attached hydrogen (secondary N) is 1. The minimum absolute atomic E-state index is 0.246. The van der Waals surface area contributed by atoms with E-state index in [4.69, 9.17) is 0 Å². The summed E-state index contributed by atoms with van der Waals surface area (Å²) in [5.41, 5.74) is 2.40. The lowest BCUT2D eigenvalue weighted by molar-refractivity contribution is 0.563. The topological polar surface area (TPSA) is 24.9 Å². The van der Waals surface area contributed by atoms with Gasteiger partial charge in [0.1, 0.15) is 0 Å². The zero-order chi connectivity index (χ0) is 13.8. The predicted octanol–water partition coefficient (Wildman–Crippen LogP) is 4.09. The van der Waals surface area contributed by atoms with Gasteiger partial charge in [-0.15, -0.1) is 0 Å². The van der Waals surface area contributed by atoms with Crippen molar-refractivity contribution in [3.8, 4) is 0 Å². The normalized spacial score (nSPS) is 12.4. The molecule has 1 aromatic heterocycles. The van der Waals surface area contributed by atoms with Gasteiger partial charge in [-0.05, 0) is 35.4 Å². The van der Waals surface area contributed by atoms with Crippen molar-refractivity contribution in [1.29, 1.82) is 0 Å². The van der Waals surface area contributed by atoms with E-state index in [1.165, 1.54) is 16.3 Å². The Labute approximate surface area is 119 Å². The van der Waals surface area contributed by atoms with Gasteiger partial charge in [0.25, 0.3) is 0 Å². The van der Waals surface area contributed by atoms with Gasteiger partial charge >= 0.3 is 0 Å².